The molecule has 2 atom stereocenters. The summed E-state index contributed by atoms with van der Waals surface area (Å²) in [7, 11) is 0. The van der Waals surface area contributed by atoms with Crippen molar-refractivity contribution in [2.75, 3.05) is 19.6 Å². The molecular formula is C21H19F2N5. The molecule has 7 heteroatoms. The number of rotatable bonds is 3. The van der Waals surface area contributed by atoms with Crippen molar-refractivity contribution in [2.45, 2.75) is 19.3 Å². The molecule has 1 heterocycles. The maximum atomic E-state index is 14.0. The van der Waals surface area contributed by atoms with Crippen LogP contribution in [0.2, 0.25) is 0 Å². The van der Waals surface area contributed by atoms with Gasteiger partial charge in [-0.3, -0.25) is 4.90 Å². The lowest BCUT2D eigenvalue weighted by atomic mass is 9.58. The highest BCUT2D eigenvalue weighted by Crippen LogP contribution is 2.54. The topological polar surface area (TPSA) is 101 Å². The zero-order chi connectivity index (χ0) is 20.5. The SMILES string of the molecule is CCCN1CC=C2C(C#N)=C(N)C(C#N)(C#N)C(c3ccc(F)c(F)c3)C2C1. The number of nitrogens with two attached hydrogens (primary N) is 1. The molecule has 28 heavy (non-hydrogen) atoms. The summed E-state index contributed by atoms with van der Waals surface area (Å²) in [5.41, 5.74) is 5.34. The highest BCUT2D eigenvalue weighted by Gasteiger charge is 2.54. The third-order valence-corrected chi connectivity index (χ3v) is 5.58. The zero-order valence-corrected chi connectivity index (χ0v) is 15.4. The summed E-state index contributed by atoms with van der Waals surface area (Å²) in [5, 5.41) is 29.5. The molecule has 0 radical (unpaired) electrons. The van der Waals surface area contributed by atoms with Crippen LogP contribution in [-0.4, -0.2) is 24.5 Å². The van der Waals surface area contributed by atoms with E-state index in [1.165, 1.54) is 6.07 Å². The fourth-order valence-corrected chi connectivity index (χ4v) is 4.32. The molecule has 0 saturated heterocycles. The van der Waals surface area contributed by atoms with Gasteiger partial charge in [-0.25, -0.2) is 8.78 Å². The van der Waals surface area contributed by atoms with Gasteiger partial charge < -0.3 is 5.73 Å². The van der Waals surface area contributed by atoms with Crippen LogP contribution in [0.15, 0.2) is 41.1 Å². The number of nitriles is 3. The second-order valence-electron chi connectivity index (χ2n) is 7.11. The molecule has 3 rings (SSSR count). The zero-order valence-electron chi connectivity index (χ0n) is 15.4. The Morgan fingerprint density at radius 1 is 1.21 bits per heavy atom. The van der Waals surface area contributed by atoms with Gasteiger partial charge in [-0.1, -0.05) is 19.1 Å². The molecule has 1 aliphatic heterocycles. The van der Waals surface area contributed by atoms with Crippen molar-refractivity contribution in [2.24, 2.45) is 17.1 Å². The minimum atomic E-state index is -1.84. The molecule has 0 bridgehead atoms. The predicted molar refractivity (Wildman–Crippen MR) is 97.9 cm³/mol. The van der Waals surface area contributed by atoms with E-state index in [0.717, 1.165) is 25.1 Å². The summed E-state index contributed by atoms with van der Waals surface area (Å²) in [6.45, 7) is 3.96. The van der Waals surface area contributed by atoms with E-state index in [-0.39, 0.29) is 11.3 Å². The van der Waals surface area contributed by atoms with Crippen molar-refractivity contribution < 1.29 is 8.78 Å². The fraction of sp³-hybridized carbons (Fsp3) is 0.381. The van der Waals surface area contributed by atoms with Crippen molar-refractivity contribution in [1.82, 2.24) is 4.90 Å². The first-order valence-electron chi connectivity index (χ1n) is 9.04. The Balaban J connectivity index is 2.28. The first kappa shape index (κ1) is 19.5. The third-order valence-electron chi connectivity index (χ3n) is 5.58. The minimum absolute atomic E-state index is 0.124. The maximum absolute atomic E-state index is 14.0. The summed E-state index contributed by atoms with van der Waals surface area (Å²) in [6, 6.07) is 9.41. The largest absolute Gasteiger partial charge is 0.399 e. The van der Waals surface area contributed by atoms with Gasteiger partial charge in [0.2, 0.25) is 0 Å². The third kappa shape index (κ3) is 2.83. The average Bonchev–Trinajstić information content (AvgIpc) is 2.70. The molecule has 1 aliphatic carbocycles. The van der Waals surface area contributed by atoms with E-state index in [1.807, 2.05) is 31.2 Å². The Bertz CT molecular complexity index is 976. The standard InChI is InChI=1S/C21H19F2N5/c1-2-6-28-7-5-14-15(9-24)20(27)21(11-25,12-26)19(16(14)10-28)13-3-4-17(22)18(23)8-13/h3-5,8,16,19H,2,6-7,10,27H2,1H3. The smallest absolute Gasteiger partial charge is 0.191 e. The lowest BCUT2D eigenvalue weighted by Crippen LogP contribution is -2.48. The molecule has 0 aromatic heterocycles. The van der Waals surface area contributed by atoms with Crippen molar-refractivity contribution in [3.8, 4) is 18.2 Å². The van der Waals surface area contributed by atoms with Gasteiger partial charge in [-0.15, -0.1) is 0 Å². The second kappa shape index (κ2) is 7.43. The van der Waals surface area contributed by atoms with Crippen molar-refractivity contribution in [3.63, 3.8) is 0 Å². The van der Waals surface area contributed by atoms with Gasteiger partial charge in [0.1, 0.15) is 6.07 Å². The fourth-order valence-electron chi connectivity index (χ4n) is 4.32. The van der Waals surface area contributed by atoms with E-state index >= 15 is 0 Å². The minimum Gasteiger partial charge on any atom is -0.399 e. The van der Waals surface area contributed by atoms with Crippen LogP contribution in [0.1, 0.15) is 24.8 Å². The van der Waals surface area contributed by atoms with Crippen LogP contribution in [0, 0.1) is 57.0 Å². The summed E-state index contributed by atoms with van der Waals surface area (Å²) in [6.07, 6.45) is 2.80. The van der Waals surface area contributed by atoms with E-state index in [2.05, 4.69) is 4.90 Å². The van der Waals surface area contributed by atoms with Crippen molar-refractivity contribution in [3.05, 3.63) is 58.3 Å². The average molecular weight is 379 g/mol. The lowest BCUT2D eigenvalue weighted by molar-refractivity contribution is 0.207. The van der Waals surface area contributed by atoms with Crippen molar-refractivity contribution in [1.29, 1.82) is 15.8 Å². The molecule has 1 aromatic carbocycles. The first-order valence-corrected chi connectivity index (χ1v) is 9.04. The number of allylic oxidation sites excluding steroid dienone is 2. The van der Waals surface area contributed by atoms with E-state index < -0.39 is 28.9 Å². The molecular weight excluding hydrogens is 360 g/mol. The Labute approximate surface area is 162 Å². The van der Waals surface area contributed by atoms with E-state index in [0.29, 0.717) is 24.2 Å². The highest BCUT2D eigenvalue weighted by molar-refractivity contribution is 5.59. The normalized spacial score (nSPS) is 23.8. The number of benzene rings is 1. The molecule has 2 aliphatic rings. The van der Waals surface area contributed by atoms with Gasteiger partial charge in [0.15, 0.2) is 17.0 Å². The maximum Gasteiger partial charge on any atom is 0.191 e. The number of hydrogen-bond donors (Lipinski definition) is 1. The lowest BCUT2D eigenvalue weighted by Gasteiger charge is -2.45. The Kier molecular flexibility index (Phi) is 5.18. The number of halogens is 2. The van der Waals surface area contributed by atoms with Crippen LogP contribution in [0.3, 0.4) is 0 Å². The molecule has 0 spiro atoms. The van der Waals surface area contributed by atoms with Crippen LogP contribution in [0.25, 0.3) is 0 Å². The van der Waals surface area contributed by atoms with Crippen LogP contribution in [0.5, 0.6) is 0 Å². The van der Waals surface area contributed by atoms with Gasteiger partial charge in [0.25, 0.3) is 0 Å². The number of hydrogen-bond acceptors (Lipinski definition) is 5. The molecule has 142 valence electrons. The molecule has 5 nitrogen and oxygen atoms in total. The Morgan fingerprint density at radius 2 is 1.93 bits per heavy atom. The molecule has 2 unspecified atom stereocenters. The van der Waals surface area contributed by atoms with E-state index in [9.17, 15) is 24.6 Å². The van der Waals surface area contributed by atoms with Gasteiger partial charge in [-0.2, -0.15) is 15.8 Å². The van der Waals surface area contributed by atoms with Crippen LogP contribution >= 0.6 is 0 Å². The molecule has 1 aromatic rings. The summed E-state index contributed by atoms with van der Waals surface area (Å²) in [4.78, 5) is 2.15. The number of fused-ring (bicyclic) bond motifs is 1. The van der Waals surface area contributed by atoms with Gasteiger partial charge in [0, 0.05) is 24.9 Å². The van der Waals surface area contributed by atoms with Crippen LogP contribution in [0.4, 0.5) is 8.78 Å². The first-order chi connectivity index (χ1) is 13.4. The van der Waals surface area contributed by atoms with E-state index in [4.69, 9.17) is 5.73 Å². The second-order valence-corrected chi connectivity index (χ2v) is 7.11. The highest BCUT2D eigenvalue weighted by atomic mass is 19.2. The van der Waals surface area contributed by atoms with Crippen molar-refractivity contribution >= 4 is 0 Å². The summed E-state index contributed by atoms with van der Waals surface area (Å²) in [5.74, 6) is -3.29. The van der Waals surface area contributed by atoms with Gasteiger partial charge in [-0.05, 0) is 36.2 Å². The quantitative estimate of drug-likeness (QED) is 0.870. The monoisotopic (exact) mass is 379 g/mol. The van der Waals surface area contributed by atoms with Gasteiger partial charge >= 0.3 is 0 Å². The van der Waals surface area contributed by atoms with Crippen LogP contribution in [-0.2, 0) is 0 Å². The molecule has 0 amide bonds. The molecule has 0 fully saturated rings. The summed E-state index contributed by atoms with van der Waals surface area (Å²) < 4.78 is 27.5. The molecule has 0 saturated carbocycles. The van der Waals surface area contributed by atoms with E-state index in [1.54, 1.807) is 0 Å². The summed E-state index contributed by atoms with van der Waals surface area (Å²) >= 11 is 0. The molecule has 2 N–H and O–H groups in total. The Morgan fingerprint density at radius 3 is 2.50 bits per heavy atom. The Hall–Kier alpha value is -3.21. The number of nitrogens with zero attached hydrogens (tertiary/aromatic N) is 4. The predicted octanol–water partition coefficient (Wildman–Crippen LogP) is 3.10. The van der Waals surface area contributed by atoms with Gasteiger partial charge in [0.05, 0.1) is 23.4 Å². The van der Waals surface area contributed by atoms with Crippen LogP contribution < -0.4 is 5.73 Å².